The number of nitrogens with zero attached hydrogens (tertiary/aromatic N) is 1. The number of nitrogen functional groups attached to an aromatic ring is 1. The van der Waals surface area contributed by atoms with Gasteiger partial charge in [0.05, 0.1) is 0 Å². The van der Waals surface area contributed by atoms with Crippen LogP contribution in [0.1, 0.15) is 19.4 Å². The fraction of sp³-hybridized carbons (Fsp3) is 0.375. The maximum atomic E-state index is 5.84. The molecule has 0 atom stereocenters. The van der Waals surface area contributed by atoms with Crippen molar-refractivity contribution in [3.63, 3.8) is 0 Å². The molecule has 0 saturated heterocycles. The van der Waals surface area contributed by atoms with Gasteiger partial charge in [0.15, 0.2) is 0 Å². The molecule has 0 radical (unpaired) electrons. The molecular weight excluding hydrogens is 138 g/mol. The Morgan fingerprint density at radius 1 is 1.45 bits per heavy atom. The molecule has 0 aliphatic heterocycles. The third-order valence-corrected chi connectivity index (χ3v) is 1.53. The Labute approximate surface area is 66.4 Å². The van der Waals surface area contributed by atoms with E-state index in [0.717, 1.165) is 5.56 Å². The quantitative estimate of drug-likeness (QED) is 0.625. The second kappa shape index (κ2) is 2.51. The van der Waals surface area contributed by atoms with Gasteiger partial charge in [-0.2, -0.15) is 0 Å². The van der Waals surface area contributed by atoms with Crippen LogP contribution in [-0.4, -0.2) is 4.98 Å². The maximum Gasteiger partial charge on any atom is 0.123 e. The number of rotatable bonds is 1. The predicted molar refractivity (Wildman–Crippen MR) is 45.9 cm³/mol. The van der Waals surface area contributed by atoms with Crippen molar-refractivity contribution in [1.29, 1.82) is 0 Å². The van der Waals surface area contributed by atoms with Crippen LogP contribution >= 0.6 is 0 Å². The molecule has 1 aromatic rings. The fourth-order valence-corrected chi connectivity index (χ4v) is 0.849. The molecule has 0 amide bonds. The van der Waals surface area contributed by atoms with Crippen molar-refractivity contribution < 1.29 is 0 Å². The first-order valence-corrected chi connectivity index (χ1v) is 3.51. The number of aromatic nitrogens is 1. The highest BCUT2D eigenvalue weighted by Gasteiger charge is 2.13. The highest BCUT2D eigenvalue weighted by molar-refractivity contribution is 5.34. The largest absolute Gasteiger partial charge is 0.384 e. The average molecular weight is 151 g/mol. The molecule has 1 aromatic heterocycles. The Morgan fingerprint density at radius 2 is 2.09 bits per heavy atom. The summed E-state index contributed by atoms with van der Waals surface area (Å²) in [4.78, 5) is 3.88. The van der Waals surface area contributed by atoms with Gasteiger partial charge in [0.2, 0.25) is 0 Å². The molecule has 0 aliphatic carbocycles. The van der Waals surface area contributed by atoms with Crippen LogP contribution in [0.3, 0.4) is 0 Å². The molecule has 0 saturated carbocycles. The molecule has 3 nitrogen and oxygen atoms in total. The van der Waals surface area contributed by atoms with Crippen LogP contribution in [0.25, 0.3) is 0 Å². The summed E-state index contributed by atoms with van der Waals surface area (Å²) in [5.74, 6) is 0.515. The molecule has 0 spiro atoms. The zero-order chi connectivity index (χ0) is 8.48. The molecule has 3 heteroatoms. The standard InChI is InChI=1S/C8H13N3/c1-8(2,10)6-3-4-11-7(9)5-6/h3-5H,10H2,1-2H3,(H2,9,11). The Morgan fingerprint density at radius 3 is 2.45 bits per heavy atom. The lowest BCUT2D eigenvalue weighted by Gasteiger charge is -2.18. The first-order chi connectivity index (χ1) is 5.00. The lowest BCUT2D eigenvalue weighted by atomic mass is 9.97. The average Bonchev–Trinajstić information content (AvgIpc) is 1.86. The molecule has 11 heavy (non-hydrogen) atoms. The number of nitrogens with two attached hydrogens (primary N) is 2. The van der Waals surface area contributed by atoms with Crippen LogP contribution in [-0.2, 0) is 5.54 Å². The van der Waals surface area contributed by atoms with Crippen molar-refractivity contribution in [2.45, 2.75) is 19.4 Å². The van der Waals surface area contributed by atoms with E-state index in [0.29, 0.717) is 5.82 Å². The van der Waals surface area contributed by atoms with Gasteiger partial charge < -0.3 is 11.5 Å². The van der Waals surface area contributed by atoms with Crippen LogP contribution in [0.4, 0.5) is 5.82 Å². The number of anilines is 1. The topological polar surface area (TPSA) is 64.9 Å². The second-order valence-corrected chi connectivity index (χ2v) is 3.19. The molecular formula is C8H13N3. The van der Waals surface area contributed by atoms with Gasteiger partial charge in [-0.05, 0) is 31.5 Å². The zero-order valence-corrected chi connectivity index (χ0v) is 6.83. The van der Waals surface area contributed by atoms with Crippen LogP contribution in [0.5, 0.6) is 0 Å². The molecule has 0 aromatic carbocycles. The van der Waals surface area contributed by atoms with E-state index in [1.807, 2.05) is 19.9 Å². The van der Waals surface area contributed by atoms with Gasteiger partial charge in [0, 0.05) is 11.7 Å². The number of hydrogen-bond donors (Lipinski definition) is 2. The van der Waals surface area contributed by atoms with Crippen LogP contribution in [0, 0.1) is 0 Å². The van der Waals surface area contributed by atoms with E-state index in [-0.39, 0.29) is 5.54 Å². The first kappa shape index (κ1) is 8.01. The number of pyridine rings is 1. The Bertz CT molecular complexity index is 250. The normalized spacial score (nSPS) is 11.5. The van der Waals surface area contributed by atoms with Gasteiger partial charge in [0.1, 0.15) is 5.82 Å². The number of hydrogen-bond acceptors (Lipinski definition) is 3. The Kier molecular flexibility index (Phi) is 1.83. The van der Waals surface area contributed by atoms with Crippen molar-refractivity contribution >= 4 is 5.82 Å². The monoisotopic (exact) mass is 151 g/mol. The van der Waals surface area contributed by atoms with E-state index in [1.54, 1.807) is 12.3 Å². The highest BCUT2D eigenvalue weighted by Crippen LogP contribution is 2.16. The SMILES string of the molecule is CC(C)(N)c1ccnc(N)c1. The van der Waals surface area contributed by atoms with Crippen molar-refractivity contribution in [3.8, 4) is 0 Å². The maximum absolute atomic E-state index is 5.84. The molecule has 1 heterocycles. The predicted octanol–water partition coefficient (Wildman–Crippen LogP) is 0.858. The van der Waals surface area contributed by atoms with E-state index >= 15 is 0 Å². The highest BCUT2D eigenvalue weighted by atomic mass is 14.8. The molecule has 0 unspecified atom stereocenters. The lowest BCUT2D eigenvalue weighted by Crippen LogP contribution is -2.28. The summed E-state index contributed by atoms with van der Waals surface area (Å²) in [6.45, 7) is 3.86. The molecule has 1 rings (SSSR count). The van der Waals surface area contributed by atoms with Crippen molar-refractivity contribution in [2.75, 3.05) is 5.73 Å². The minimum atomic E-state index is -0.336. The van der Waals surface area contributed by atoms with E-state index in [2.05, 4.69) is 4.98 Å². The molecule has 0 fully saturated rings. The van der Waals surface area contributed by atoms with Gasteiger partial charge >= 0.3 is 0 Å². The summed E-state index contributed by atoms with van der Waals surface area (Å²) in [6, 6.07) is 3.66. The van der Waals surface area contributed by atoms with Gasteiger partial charge in [-0.1, -0.05) is 0 Å². The van der Waals surface area contributed by atoms with E-state index in [4.69, 9.17) is 11.5 Å². The summed E-state index contributed by atoms with van der Waals surface area (Å²) < 4.78 is 0. The van der Waals surface area contributed by atoms with Gasteiger partial charge in [0.25, 0.3) is 0 Å². The summed E-state index contributed by atoms with van der Waals surface area (Å²) in [7, 11) is 0. The van der Waals surface area contributed by atoms with Gasteiger partial charge in [-0.25, -0.2) is 4.98 Å². The first-order valence-electron chi connectivity index (χ1n) is 3.51. The van der Waals surface area contributed by atoms with E-state index in [1.165, 1.54) is 0 Å². The van der Waals surface area contributed by atoms with Crippen molar-refractivity contribution in [1.82, 2.24) is 4.98 Å². The van der Waals surface area contributed by atoms with Crippen molar-refractivity contribution in [2.24, 2.45) is 5.73 Å². The lowest BCUT2D eigenvalue weighted by molar-refractivity contribution is 0.554. The Hall–Kier alpha value is -1.09. The van der Waals surface area contributed by atoms with Crippen LogP contribution in [0.15, 0.2) is 18.3 Å². The summed E-state index contributed by atoms with van der Waals surface area (Å²) in [6.07, 6.45) is 1.67. The van der Waals surface area contributed by atoms with Gasteiger partial charge in [-0.15, -0.1) is 0 Å². The van der Waals surface area contributed by atoms with E-state index < -0.39 is 0 Å². The summed E-state index contributed by atoms with van der Waals surface area (Å²) in [5.41, 5.74) is 12.0. The van der Waals surface area contributed by atoms with Gasteiger partial charge in [-0.3, -0.25) is 0 Å². The molecule has 0 bridgehead atoms. The molecule has 4 N–H and O–H groups in total. The third-order valence-electron chi connectivity index (χ3n) is 1.53. The van der Waals surface area contributed by atoms with Crippen molar-refractivity contribution in [3.05, 3.63) is 23.9 Å². The van der Waals surface area contributed by atoms with E-state index in [9.17, 15) is 0 Å². The summed E-state index contributed by atoms with van der Waals surface area (Å²) >= 11 is 0. The van der Waals surface area contributed by atoms with Crippen LogP contribution in [0.2, 0.25) is 0 Å². The minimum absolute atomic E-state index is 0.336. The minimum Gasteiger partial charge on any atom is -0.384 e. The smallest absolute Gasteiger partial charge is 0.123 e. The third kappa shape index (κ3) is 1.91. The Balaban J connectivity index is 3.06. The zero-order valence-electron chi connectivity index (χ0n) is 6.83. The summed E-state index contributed by atoms with van der Waals surface area (Å²) in [5, 5.41) is 0. The fourth-order valence-electron chi connectivity index (χ4n) is 0.849. The van der Waals surface area contributed by atoms with Crippen LogP contribution < -0.4 is 11.5 Å². The molecule has 0 aliphatic rings. The second-order valence-electron chi connectivity index (χ2n) is 3.19. The molecule has 60 valence electrons.